The molecule has 56 valence electrons. The maximum atomic E-state index is 8.06. The van der Waals surface area contributed by atoms with Gasteiger partial charge in [0, 0.05) is 79.9 Å². The van der Waals surface area contributed by atoms with Gasteiger partial charge in [0.25, 0.3) is 0 Å². The van der Waals surface area contributed by atoms with Crippen molar-refractivity contribution in [1.82, 2.24) is 0 Å². The third kappa shape index (κ3) is 32.1. The van der Waals surface area contributed by atoms with E-state index in [2.05, 4.69) is 0 Å². The van der Waals surface area contributed by atoms with E-state index in [4.69, 9.17) is 5.11 Å². The summed E-state index contributed by atoms with van der Waals surface area (Å²) in [7, 11) is 0. The normalized spacial score (nSPS) is 6.00. The van der Waals surface area contributed by atoms with Crippen LogP contribution in [0.15, 0.2) is 0 Å². The van der Waals surface area contributed by atoms with Crippen LogP contribution in [0.2, 0.25) is 0 Å². The van der Waals surface area contributed by atoms with E-state index in [0.29, 0.717) is 0 Å². The van der Waals surface area contributed by atoms with Crippen molar-refractivity contribution in [3.63, 3.8) is 0 Å². The SMILES string of the molecule is CC(C)O.[Lu].[Lu]. The fraction of sp³-hybridized carbons (Fsp3) is 1.00. The van der Waals surface area contributed by atoms with Gasteiger partial charge < -0.3 is 5.11 Å². The van der Waals surface area contributed by atoms with Crippen LogP contribution in [0.5, 0.6) is 0 Å². The molecule has 0 aromatic heterocycles. The Hall–Kier alpha value is 2.43. The minimum Gasteiger partial charge on any atom is -0.394 e. The van der Waals surface area contributed by atoms with E-state index >= 15 is 0 Å². The molecule has 1 nitrogen and oxygen atoms in total. The maximum Gasteiger partial charge on any atom is 0.0483 e. The van der Waals surface area contributed by atoms with Crippen molar-refractivity contribution in [2.45, 2.75) is 20.0 Å². The molecule has 2 radical (unpaired) electrons. The molecule has 1 N–H and O–H groups in total. The number of rotatable bonds is 0. The second-order valence-electron chi connectivity index (χ2n) is 1.09. The van der Waals surface area contributed by atoms with Crippen LogP contribution in [0.25, 0.3) is 0 Å². The van der Waals surface area contributed by atoms with Crippen molar-refractivity contribution >= 4 is 0 Å². The van der Waals surface area contributed by atoms with Gasteiger partial charge in [-0.15, -0.1) is 0 Å². The zero-order valence-corrected chi connectivity index (χ0v) is 6.85. The van der Waals surface area contributed by atoms with E-state index in [1.54, 1.807) is 13.8 Å². The zero-order valence-electron chi connectivity index (χ0n) is 3.54. The van der Waals surface area contributed by atoms with Gasteiger partial charge in [-0.2, -0.15) is 0 Å². The molecule has 0 rings (SSSR count). The van der Waals surface area contributed by atoms with Gasteiger partial charge in [0.05, 0.1) is 0 Å². The Labute approximate surface area is 96.9 Å². The first-order valence-electron chi connectivity index (χ1n) is 1.41. The standard InChI is InChI=1S/C3H8O.2Lu/c1-3(2)4;;/h3-4H,1-2H3;;. The molecule has 0 fully saturated rings. The molecule has 0 unspecified atom stereocenters. The van der Waals surface area contributed by atoms with Crippen molar-refractivity contribution in [1.29, 1.82) is 0 Å². The van der Waals surface area contributed by atoms with Crippen molar-refractivity contribution in [2.75, 3.05) is 0 Å². The van der Waals surface area contributed by atoms with E-state index in [9.17, 15) is 0 Å². The van der Waals surface area contributed by atoms with Gasteiger partial charge in [-0.3, -0.25) is 0 Å². The van der Waals surface area contributed by atoms with Crippen LogP contribution in [0, 0.1) is 73.7 Å². The second-order valence-corrected chi connectivity index (χ2v) is 1.09. The molecule has 0 saturated carbocycles. The summed E-state index contributed by atoms with van der Waals surface area (Å²) >= 11 is 0. The number of aliphatic hydroxyl groups excluding tert-OH is 1. The average molecular weight is 410 g/mol. The zero-order chi connectivity index (χ0) is 3.58. The first-order valence-corrected chi connectivity index (χ1v) is 1.41. The predicted octanol–water partition coefficient (Wildman–Crippen LogP) is 0.387. The van der Waals surface area contributed by atoms with E-state index < -0.39 is 0 Å². The summed E-state index contributed by atoms with van der Waals surface area (Å²) in [5.41, 5.74) is 0. The smallest absolute Gasteiger partial charge is 0.0483 e. The molecule has 0 aromatic carbocycles. The van der Waals surface area contributed by atoms with Crippen LogP contribution in [0.1, 0.15) is 13.8 Å². The minimum absolute atomic E-state index is 0. The Morgan fingerprint density at radius 3 is 1.17 bits per heavy atom. The Morgan fingerprint density at radius 1 is 1.17 bits per heavy atom. The first-order chi connectivity index (χ1) is 1.73. The fourth-order valence-electron chi connectivity index (χ4n) is 0. The number of hydrogen-bond donors (Lipinski definition) is 1. The van der Waals surface area contributed by atoms with E-state index in [0.717, 1.165) is 0 Å². The summed E-state index contributed by atoms with van der Waals surface area (Å²) in [6, 6.07) is 0. The molecular formula is C3H8Lu2O. The average Bonchev–Trinajstić information content (AvgIpc) is 0.811. The Balaban J connectivity index is -0.0000000450. The number of aliphatic hydroxyl groups is 1. The molecule has 0 aliphatic carbocycles. The van der Waals surface area contributed by atoms with Crippen LogP contribution < -0.4 is 0 Å². The first kappa shape index (κ1) is 15.8. The third-order valence-corrected chi connectivity index (χ3v) is 0. The van der Waals surface area contributed by atoms with Crippen molar-refractivity contribution in [3.05, 3.63) is 0 Å². The van der Waals surface area contributed by atoms with E-state index in [-0.39, 0.29) is 79.9 Å². The van der Waals surface area contributed by atoms with Crippen molar-refractivity contribution < 1.29 is 78.9 Å². The summed E-state index contributed by atoms with van der Waals surface area (Å²) in [6.45, 7) is 3.44. The largest absolute Gasteiger partial charge is 0.394 e. The molecule has 3 heteroatoms. The molecule has 0 atom stereocenters. The van der Waals surface area contributed by atoms with Crippen LogP contribution in [-0.2, 0) is 0 Å². The third-order valence-electron chi connectivity index (χ3n) is 0. The molecule has 6 heavy (non-hydrogen) atoms. The molecular weight excluding hydrogens is 402 g/mol. The van der Waals surface area contributed by atoms with Gasteiger partial charge in [-0.25, -0.2) is 0 Å². The van der Waals surface area contributed by atoms with Gasteiger partial charge in [0.15, 0.2) is 0 Å². The van der Waals surface area contributed by atoms with Crippen molar-refractivity contribution in [3.8, 4) is 0 Å². The summed E-state index contributed by atoms with van der Waals surface area (Å²) in [4.78, 5) is 0. The second kappa shape index (κ2) is 10.4. The Bertz CT molecular complexity index is 13.5. The summed E-state index contributed by atoms with van der Waals surface area (Å²) < 4.78 is 0. The Morgan fingerprint density at radius 2 is 1.17 bits per heavy atom. The molecule has 0 spiro atoms. The quantitative estimate of drug-likeness (QED) is 0.613. The molecule has 0 saturated heterocycles. The molecule has 0 bridgehead atoms. The van der Waals surface area contributed by atoms with Gasteiger partial charge in [0.2, 0.25) is 0 Å². The van der Waals surface area contributed by atoms with Gasteiger partial charge in [-0.1, -0.05) is 0 Å². The van der Waals surface area contributed by atoms with Gasteiger partial charge in [0.1, 0.15) is 0 Å². The van der Waals surface area contributed by atoms with Crippen LogP contribution >= 0.6 is 0 Å². The molecule has 0 amide bonds. The Kier molecular flexibility index (Phi) is 27.4. The fourth-order valence-corrected chi connectivity index (χ4v) is 0. The minimum atomic E-state index is -0.167. The maximum absolute atomic E-state index is 8.06. The monoisotopic (exact) mass is 410 g/mol. The van der Waals surface area contributed by atoms with Crippen LogP contribution in [0.4, 0.5) is 0 Å². The van der Waals surface area contributed by atoms with Gasteiger partial charge in [-0.05, 0) is 13.8 Å². The predicted molar refractivity (Wildman–Crippen MR) is 17.4 cm³/mol. The van der Waals surface area contributed by atoms with Crippen LogP contribution in [-0.4, -0.2) is 11.2 Å². The molecule has 0 aromatic rings. The van der Waals surface area contributed by atoms with E-state index in [1.807, 2.05) is 0 Å². The van der Waals surface area contributed by atoms with Crippen LogP contribution in [0.3, 0.4) is 0 Å². The molecule has 0 aliphatic rings. The van der Waals surface area contributed by atoms with Gasteiger partial charge >= 0.3 is 0 Å². The summed E-state index contributed by atoms with van der Waals surface area (Å²) in [5.74, 6) is 0. The van der Waals surface area contributed by atoms with E-state index in [1.165, 1.54) is 0 Å². The number of hydrogen-bond acceptors (Lipinski definition) is 1. The van der Waals surface area contributed by atoms with Crippen molar-refractivity contribution in [2.24, 2.45) is 0 Å². The molecule has 0 heterocycles. The summed E-state index contributed by atoms with van der Waals surface area (Å²) in [5, 5.41) is 8.06. The topological polar surface area (TPSA) is 20.2 Å². The summed E-state index contributed by atoms with van der Waals surface area (Å²) in [6.07, 6.45) is -0.167. The molecule has 0 aliphatic heterocycles.